The maximum absolute atomic E-state index is 11.4. The summed E-state index contributed by atoms with van der Waals surface area (Å²) in [6.07, 6.45) is 0.703. The zero-order chi connectivity index (χ0) is 12.0. The van der Waals surface area contributed by atoms with Crippen molar-refractivity contribution >= 4 is 5.97 Å². The summed E-state index contributed by atoms with van der Waals surface area (Å²) in [4.78, 5) is 11.4. The zero-order valence-electron chi connectivity index (χ0n) is 9.32. The number of fused-ring (bicyclic) bond motifs is 1. The van der Waals surface area contributed by atoms with Crippen molar-refractivity contribution in [3.8, 4) is 0 Å². The first-order valence-electron chi connectivity index (χ1n) is 5.92. The van der Waals surface area contributed by atoms with Crippen molar-refractivity contribution in [2.45, 2.75) is 31.3 Å². The van der Waals surface area contributed by atoms with Gasteiger partial charge < -0.3 is 24.4 Å². The number of rotatable bonds is 4. The molecule has 0 radical (unpaired) electrons. The van der Waals surface area contributed by atoms with Gasteiger partial charge in [-0.2, -0.15) is 0 Å². The van der Waals surface area contributed by atoms with Gasteiger partial charge in [-0.25, -0.2) is 4.79 Å². The highest BCUT2D eigenvalue weighted by Crippen LogP contribution is 2.56. The predicted molar refractivity (Wildman–Crippen MR) is 53.5 cm³/mol. The monoisotopic (exact) mass is 244 g/mol. The molecule has 96 valence electrons. The second kappa shape index (κ2) is 4.20. The number of aliphatic hydroxyl groups excluding tert-OH is 2. The Labute approximate surface area is 98.5 Å². The summed E-state index contributed by atoms with van der Waals surface area (Å²) in [5.74, 6) is 0.351. The van der Waals surface area contributed by atoms with Crippen LogP contribution >= 0.6 is 0 Å². The van der Waals surface area contributed by atoms with E-state index >= 15 is 0 Å². The molecule has 3 aliphatic rings. The number of hydrogen-bond acceptors (Lipinski definition) is 6. The number of carbonyl (C=O) groups is 1. The molecule has 3 fully saturated rings. The molecule has 1 heterocycles. The Hall–Kier alpha value is -0.690. The lowest BCUT2D eigenvalue weighted by Gasteiger charge is -2.25. The van der Waals surface area contributed by atoms with Crippen LogP contribution in [0.25, 0.3) is 0 Å². The minimum Gasteiger partial charge on any atom is -0.458 e. The maximum Gasteiger partial charge on any atom is 0.332 e. The quantitative estimate of drug-likeness (QED) is 0.499. The van der Waals surface area contributed by atoms with Crippen LogP contribution in [0.4, 0.5) is 0 Å². The van der Waals surface area contributed by atoms with Crippen molar-refractivity contribution in [1.29, 1.82) is 0 Å². The number of ether oxygens (including phenoxy) is 3. The van der Waals surface area contributed by atoms with E-state index in [-0.39, 0.29) is 24.7 Å². The minimum absolute atomic E-state index is 0.160. The van der Waals surface area contributed by atoms with Gasteiger partial charge in [0.05, 0.1) is 0 Å². The van der Waals surface area contributed by atoms with E-state index in [9.17, 15) is 9.90 Å². The van der Waals surface area contributed by atoms with E-state index < -0.39 is 19.1 Å². The summed E-state index contributed by atoms with van der Waals surface area (Å²) in [6.45, 7) is -0.740. The third kappa shape index (κ3) is 1.76. The predicted octanol–water partition coefficient (Wildman–Crippen LogP) is -0.762. The van der Waals surface area contributed by atoms with Crippen LogP contribution in [0.3, 0.4) is 0 Å². The second-order valence-corrected chi connectivity index (χ2v) is 4.98. The van der Waals surface area contributed by atoms with Crippen LogP contribution in [0.5, 0.6) is 0 Å². The normalized spacial score (nSPS) is 46.5. The number of esters is 1. The summed E-state index contributed by atoms with van der Waals surface area (Å²) in [6, 6.07) is 0. The Morgan fingerprint density at radius 3 is 2.88 bits per heavy atom. The molecular weight excluding hydrogens is 228 g/mol. The number of carbonyl (C=O) groups excluding carboxylic acids is 1. The zero-order valence-corrected chi connectivity index (χ0v) is 9.32. The van der Waals surface area contributed by atoms with E-state index in [1.807, 2.05) is 0 Å². The molecule has 6 nitrogen and oxygen atoms in total. The van der Waals surface area contributed by atoms with Crippen LogP contribution in [0.2, 0.25) is 0 Å². The number of aliphatic hydroxyl groups is 2. The Kier molecular flexibility index (Phi) is 2.82. The Balaban J connectivity index is 1.61. The van der Waals surface area contributed by atoms with Crippen molar-refractivity contribution in [3.05, 3.63) is 0 Å². The van der Waals surface area contributed by atoms with Crippen molar-refractivity contribution in [1.82, 2.24) is 0 Å². The van der Waals surface area contributed by atoms with Crippen molar-refractivity contribution in [2.24, 2.45) is 17.8 Å². The van der Waals surface area contributed by atoms with Gasteiger partial charge >= 0.3 is 5.97 Å². The van der Waals surface area contributed by atoms with E-state index in [0.717, 1.165) is 12.8 Å². The van der Waals surface area contributed by atoms with Crippen molar-refractivity contribution in [3.63, 3.8) is 0 Å². The van der Waals surface area contributed by atoms with Crippen LogP contribution < -0.4 is 0 Å². The summed E-state index contributed by atoms with van der Waals surface area (Å²) in [5, 5.41) is 18.1. The van der Waals surface area contributed by atoms with Crippen LogP contribution in [0.15, 0.2) is 0 Å². The Morgan fingerprint density at radius 1 is 1.35 bits per heavy atom. The molecule has 0 aromatic rings. The van der Waals surface area contributed by atoms with E-state index in [2.05, 4.69) is 4.74 Å². The molecule has 2 bridgehead atoms. The molecule has 0 amide bonds. The van der Waals surface area contributed by atoms with Gasteiger partial charge in [0.2, 0.25) is 0 Å². The molecule has 1 saturated heterocycles. The fraction of sp³-hybridized carbons (Fsp3) is 0.909. The molecule has 2 N–H and O–H groups in total. The first kappa shape index (κ1) is 11.4. The highest BCUT2D eigenvalue weighted by Gasteiger charge is 2.62. The van der Waals surface area contributed by atoms with Crippen LogP contribution in [-0.2, 0) is 19.0 Å². The Morgan fingerprint density at radius 2 is 2.12 bits per heavy atom. The molecule has 1 aliphatic heterocycles. The Bertz CT molecular complexity index is 319. The standard InChI is InChI=1S/C11H16O6/c12-4-15-3-8(13)16-9-5-1-6-7(2-5)11(14)17-10(6)9/h5-7,9-12,14H,1-4H2. The van der Waals surface area contributed by atoms with Gasteiger partial charge in [0.25, 0.3) is 0 Å². The summed E-state index contributed by atoms with van der Waals surface area (Å²) in [5.41, 5.74) is 0. The summed E-state index contributed by atoms with van der Waals surface area (Å²) < 4.78 is 15.3. The molecule has 0 spiro atoms. The molecule has 3 rings (SSSR count). The molecular formula is C11H16O6. The first-order valence-corrected chi connectivity index (χ1v) is 5.92. The molecule has 0 aromatic heterocycles. The van der Waals surface area contributed by atoms with E-state index in [4.69, 9.17) is 14.6 Å². The number of hydrogen-bond donors (Lipinski definition) is 2. The van der Waals surface area contributed by atoms with Gasteiger partial charge in [-0.3, -0.25) is 0 Å². The van der Waals surface area contributed by atoms with Crippen molar-refractivity contribution < 1.29 is 29.2 Å². The maximum atomic E-state index is 11.4. The van der Waals surface area contributed by atoms with E-state index in [0.29, 0.717) is 11.8 Å². The smallest absolute Gasteiger partial charge is 0.332 e. The first-order chi connectivity index (χ1) is 8.20. The fourth-order valence-electron chi connectivity index (χ4n) is 3.55. The van der Waals surface area contributed by atoms with Crippen LogP contribution in [-0.4, -0.2) is 48.1 Å². The molecule has 0 aromatic carbocycles. The molecule has 2 saturated carbocycles. The van der Waals surface area contributed by atoms with Gasteiger partial charge in [-0.1, -0.05) is 0 Å². The average molecular weight is 244 g/mol. The third-order valence-electron chi connectivity index (χ3n) is 4.15. The topological polar surface area (TPSA) is 85.2 Å². The van der Waals surface area contributed by atoms with Gasteiger partial charge in [-0.05, 0) is 24.7 Å². The average Bonchev–Trinajstić information content (AvgIpc) is 2.90. The highest BCUT2D eigenvalue weighted by atomic mass is 16.6. The van der Waals surface area contributed by atoms with E-state index in [1.54, 1.807) is 0 Å². The van der Waals surface area contributed by atoms with Crippen LogP contribution in [0, 0.1) is 17.8 Å². The lowest BCUT2D eigenvalue weighted by molar-refractivity contribution is -0.172. The van der Waals surface area contributed by atoms with Gasteiger partial charge in [0, 0.05) is 5.92 Å². The van der Waals surface area contributed by atoms with Gasteiger partial charge in [0.1, 0.15) is 25.6 Å². The summed E-state index contributed by atoms with van der Waals surface area (Å²) in [7, 11) is 0. The lowest BCUT2D eigenvalue weighted by atomic mass is 9.87. The van der Waals surface area contributed by atoms with E-state index in [1.165, 1.54) is 0 Å². The third-order valence-corrected chi connectivity index (χ3v) is 4.15. The van der Waals surface area contributed by atoms with Gasteiger partial charge in [0.15, 0.2) is 6.29 Å². The van der Waals surface area contributed by atoms with Crippen LogP contribution in [0.1, 0.15) is 12.8 Å². The SMILES string of the molecule is O=C(COCO)OC1C2CC3C(O)OC1C3C2. The van der Waals surface area contributed by atoms with Gasteiger partial charge in [-0.15, -0.1) is 0 Å². The summed E-state index contributed by atoms with van der Waals surface area (Å²) >= 11 is 0. The molecule has 6 unspecified atom stereocenters. The second-order valence-electron chi connectivity index (χ2n) is 4.98. The van der Waals surface area contributed by atoms with Crippen molar-refractivity contribution in [2.75, 3.05) is 13.4 Å². The molecule has 6 atom stereocenters. The largest absolute Gasteiger partial charge is 0.458 e. The highest BCUT2D eigenvalue weighted by molar-refractivity contribution is 5.71. The molecule has 17 heavy (non-hydrogen) atoms. The fourth-order valence-corrected chi connectivity index (χ4v) is 3.55. The lowest BCUT2D eigenvalue weighted by Crippen LogP contribution is -2.36. The molecule has 6 heteroatoms. The molecule has 2 aliphatic carbocycles. The minimum atomic E-state index is -0.701.